The first kappa shape index (κ1) is 15.8. The second-order valence-corrected chi connectivity index (χ2v) is 6.78. The zero-order valence-electron chi connectivity index (χ0n) is 13.2. The minimum atomic E-state index is 0.0336. The monoisotopic (exact) mass is 281 g/mol. The zero-order chi connectivity index (χ0) is 14.4. The standard InChI is InChI=1S/C17H31NO2/c1-3-5-6-13(4-2)12-20-17(19)11-14-9-15-7-8-16(10-14)18-15/h13-16,18H,3-12H2,1-2H3. The van der Waals surface area contributed by atoms with Crippen LogP contribution < -0.4 is 5.32 Å². The van der Waals surface area contributed by atoms with Crippen LogP contribution in [0.1, 0.15) is 71.6 Å². The van der Waals surface area contributed by atoms with Gasteiger partial charge in [-0.1, -0.05) is 33.1 Å². The van der Waals surface area contributed by atoms with Gasteiger partial charge < -0.3 is 10.1 Å². The maximum absolute atomic E-state index is 12.0. The number of unbranched alkanes of at least 4 members (excludes halogenated alkanes) is 1. The van der Waals surface area contributed by atoms with Gasteiger partial charge in [0, 0.05) is 18.5 Å². The number of nitrogens with one attached hydrogen (secondary N) is 1. The summed E-state index contributed by atoms with van der Waals surface area (Å²) in [6, 6.07) is 1.33. The van der Waals surface area contributed by atoms with Crippen molar-refractivity contribution < 1.29 is 9.53 Å². The Morgan fingerprint density at radius 3 is 2.55 bits per heavy atom. The summed E-state index contributed by atoms with van der Waals surface area (Å²) in [5.74, 6) is 1.14. The maximum Gasteiger partial charge on any atom is 0.306 e. The lowest BCUT2D eigenvalue weighted by Crippen LogP contribution is -2.38. The lowest BCUT2D eigenvalue weighted by molar-refractivity contribution is -0.146. The van der Waals surface area contributed by atoms with E-state index in [1.807, 2.05) is 0 Å². The molecule has 3 nitrogen and oxygen atoms in total. The van der Waals surface area contributed by atoms with Crippen molar-refractivity contribution >= 4 is 5.97 Å². The second-order valence-electron chi connectivity index (χ2n) is 6.78. The lowest BCUT2D eigenvalue weighted by Gasteiger charge is -2.28. The van der Waals surface area contributed by atoms with E-state index in [0.717, 1.165) is 6.42 Å². The zero-order valence-corrected chi connectivity index (χ0v) is 13.2. The van der Waals surface area contributed by atoms with Gasteiger partial charge in [0.2, 0.25) is 0 Å². The molecular weight excluding hydrogens is 250 g/mol. The van der Waals surface area contributed by atoms with Gasteiger partial charge in [0.1, 0.15) is 0 Å². The number of hydrogen-bond acceptors (Lipinski definition) is 3. The number of piperidine rings is 1. The average molecular weight is 281 g/mol. The van der Waals surface area contributed by atoms with Crippen molar-refractivity contribution in [1.82, 2.24) is 5.32 Å². The lowest BCUT2D eigenvalue weighted by atomic mass is 9.90. The molecule has 2 heterocycles. The maximum atomic E-state index is 12.0. The van der Waals surface area contributed by atoms with Gasteiger partial charge in [-0.25, -0.2) is 0 Å². The Balaban J connectivity index is 1.64. The van der Waals surface area contributed by atoms with Gasteiger partial charge in [-0.3, -0.25) is 4.79 Å². The van der Waals surface area contributed by atoms with E-state index >= 15 is 0 Å². The molecule has 2 aliphatic heterocycles. The van der Waals surface area contributed by atoms with Gasteiger partial charge in [-0.05, 0) is 43.9 Å². The van der Waals surface area contributed by atoms with Gasteiger partial charge in [-0.15, -0.1) is 0 Å². The highest BCUT2D eigenvalue weighted by atomic mass is 16.5. The van der Waals surface area contributed by atoms with Crippen LogP contribution >= 0.6 is 0 Å². The topological polar surface area (TPSA) is 38.3 Å². The highest BCUT2D eigenvalue weighted by Crippen LogP contribution is 2.32. The predicted octanol–water partition coefficient (Wildman–Crippen LogP) is 3.67. The first-order valence-corrected chi connectivity index (χ1v) is 8.62. The quantitative estimate of drug-likeness (QED) is 0.690. The molecule has 3 heteroatoms. The molecule has 0 amide bonds. The smallest absolute Gasteiger partial charge is 0.306 e. The molecule has 0 aromatic rings. The minimum absolute atomic E-state index is 0.0336. The van der Waals surface area contributed by atoms with E-state index in [1.165, 1.54) is 44.9 Å². The number of ether oxygens (including phenoxy) is 1. The van der Waals surface area contributed by atoms with Crippen LogP contribution in [-0.2, 0) is 9.53 Å². The molecule has 20 heavy (non-hydrogen) atoms. The Morgan fingerprint density at radius 2 is 1.95 bits per heavy atom. The highest BCUT2D eigenvalue weighted by Gasteiger charge is 2.34. The van der Waals surface area contributed by atoms with Gasteiger partial charge in [0.15, 0.2) is 0 Å². The van der Waals surface area contributed by atoms with E-state index < -0.39 is 0 Å². The molecule has 3 unspecified atom stereocenters. The number of rotatable bonds is 8. The summed E-state index contributed by atoms with van der Waals surface area (Å²) >= 11 is 0. The number of hydrogen-bond donors (Lipinski definition) is 1. The van der Waals surface area contributed by atoms with Crippen LogP contribution in [0, 0.1) is 11.8 Å². The van der Waals surface area contributed by atoms with E-state index in [4.69, 9.17) is 4.74 Å². The van der Waals surface area contributed by atoms with Gasteiger partial charge in [0.25, 0.3) is 0 Å². The van der Waals surface area contributed by atoms with E-state index in [2.05, 4.69) is 19.2 Å². The fourth-order valence-electron chi connectivity index (χ4n) is 3.75. The summed E-state index contributed by atoms with van der Waals surface area (Å²) in [6.07, 6.45) is 10.3. The van der Waals surface area contributed by atoms with Crippen molar-refractivity contribution in [3.8, 4) is 0 Å². The SMILES string of the molecule is CCCCC(CC)COC(=O)CC1CC2CCC(C1)N2. The third-order valence-corrected chi connectivity index (χ3v) is 5.05. The van der Waals surface area contributed by atoms with Crippen LogP contribution in [0.4, 0.5) is 0 Å². The first-order chi connectivity index (χ1) is 9.71. The molecule has 2 saturated heterocycles. The Labute approximate surface area is 123 Å². The fraction of sp³-hybridized carbons (Fsp3) is 0.941. The molecule has 116 valence electrons. The Kier molecular flexibility index (Phi) is 6.34. The molecular formula is C17H31NO2. The largest absolute Gasteiger partial charge is 0.465 e. The predicted molar refractivity (Wildman–Crippen MR) is 81.6 cm³/mol. The molecule has 1 N–H and O–H groups in total. The Bertz CT molecular complexity index is 293. The van der Waals surface area contributed by atoms with E-state index in [-0.39, 0.29) is 5.97 Å². The van der Waals surface area contributed by atoms with Crippen molar-refractivity contribution in [3.63, 3.8) is 0 Å². The number of fused-ring (bicyclic) bond motifs is 2. The summed E-state index contributed by atoms with van der Waals surface area (Å²) in [5.41, 5.74) is 0. The van der Waals surface area contributed by atoms with Gasteiger partial charge in [-0.2, -0.15) is 0 Å². The van der Waals surface area contributed by atoms with Crippen molar-refractivity contribution in [2.45, 2.75) is 83.7 Å². The number of carbonyl (C=O) groups is 1. The van der Waals surface area contributed by atoms with Crippen LogP contribution in [-0.4, -0.2) is 24.7 Å². The Hall–Kier alpha value is -0.570. The molecule has 0 aromatic carbocycles. The van der Waals surface area contributed by atoms with Crippen LogP contribution in [0.3, 0.4) is 0 Å². The van der Waals surface area contributed by atoms with Crippen molar-refractivity contribution in [3.05, 3.63) is 0 Å². The first-order valence-electron chi connectivity index (χ1n) is 8.62. The molecule has 0 radical (unpaired) electrons. The molecule has 3 atom stereocenters. The highest BCUT2D eigenvalue weighted by molar-refractivity contribution is 5.69. The van der Waals surface area contributed by atoms with E-state index in [0.29, 0.717) is 36.9 Å². The van der Waals surface area contributed by atoms with E-state index in [9.17, 15) is 4.79 Å². The van der Waals surface area contributed by atoms with Gasteiger partial charge >= 0.3 is 5.97 Å². The molecule has 2 rings (SSSR count). The normalized spacial score (nSPS) is 30.2. The summed E-state index contributed by atoms with van der Waals surface area (Å²) in [5, 5.41) is 3.62. The summed E-state index contributed by atoms with van der Waals surface area (Å²) in [7, 11) is 0. The molecule has 0 spiro atoms. The van der Waals surface area contributed by atoms with Crippen molar-refractivity contribution in [2.75, 3.05) is 6.61 Å². The summed E-state index contributed by atoms with van der Waals surface area (Å²) < 4.78 is 5.53. The second kappa shape index (κ2) is 8.02. The summed E-state index contributed by atoms with van der Waals surface area (Å²) in [4.78, 5) is 12.0. The Morgan fingerprint density at radius 1 is 1.25 bits per heavy atom. The number of esters is 1. The summed E-state index contributed by atoms with van der Waals surface area (Å²) in [6.45, 7) is 5.04. The molecule has 0 saturated carbocycles. The van der Waals surface area contributed by atoms with Gasteiger partial charge in [0.05, 0.1) is 6.61 Å². The van der Waals surface area contributed by atoms with Crippen LogP contribution in [0.15, 0.2) is 0 Å². The van der Waals surface area contributed by atoms with Crippen LogP contribution in [0.25, 0.3) is 0 Å². The molecule has 0 aromatic heterocycles. The van der Waals surface area contributed by atoms with Crippen LogP contribution in [0.5, 0.6) is 0 Å². The van der Waals surface area contributed by atoms with E-state index in [1.54, 1.807) is 0 Å². The molecule has 2 bridgehead atoms. The number of carbonyl (C=O) groups excluding carboxylic acids is 1. The minimum Gasteiger partial charge on any atom is -0.465 e. The molecule has 2 aliphatic rings. The molecule has 0 aliphatic carbocycles. The molecule has 2 fully saturated rings. The van der Waals surface area contributed by atoms with Crippen molar-refractivity contribution in [2.24, 2.45) is 11.8 Å². The third kappa shape index (κ3) is 4.76. The van der Waals surface area contributed by atoms with Crippen molar-refractivity contribution in [1.29, 1.82) is 0 Å². The fourth-order valence-corrected chi connectivity index (χ4v) is 3.75. The van der Waals surface area contributed by atoms with Crippen LogP contribution in [0.2, 0.25) is 0 Å². The third-order valence-electron chi connectivity index (χ3n) is 5.05. The average Bonchev–Trinajstić information content (AvgIpc) is 2.78.